The van der Waals surface area contributed by atoms with Gasteiger partial charge in [0, 0.05) is 18.7 Å². The van der Waals surface area contributed by atoms with E-state index < -0.39 is 0 Å². The number of nitrogens with zero attached hydrogens (tertiary/aromatic N) is 3. The highest BCUT2D eigenvalue weighted by molar-refractivity contribution is 6.33. The molecule has 15 heavy (non-hydrogen) atoms. The maximum absolute atomic E-state index is 5.90. The first kappa shape index (κ1) is 10.9. The van der Waals surface area contributed by atoms with E-state index in [9.17, 15) is 0 Å². The van der Waals surface area contributed by atoms with Crippen molar-refractivity contribution in [2.45, 2.75) is 12.5 Å². The Morgan fingerprint density at radius 3 is 2.93 bits per heavy atom. The van der Waals surface area contributed by atoms with Crippen LogP contribution in [-0.2, 0) is 0 Å². The highest BCUT2D eigenvalue weighted by Gasteiger charge is 2.20. The van der Waals surface area contributed by atoms with Gasteiger partial charge in [-0.15, -0.1) is 10.2 Å². The molecule has 1 aromatic rings. The summed E-state index contributed by atoms with van der Waals surface area (Å²) >= 11 is 11.7. The Morgan fingerprint density at radius 1 is 1.47 bits per heavy atom. The second-order valence-electron chi connectivity index (χ2n) is 3.76. The quantitative estimate of drug-likeness (QED) is 0.866. The Bertz CT molecular complexity index is 358. The number of hydrogen-bond acceptors (Lipinski definition) is 4. The SMILES string of the molecule is CN1CCC(Nc2cc(Cl)nnc2Cl)C1. The molecular formula is C9H12Cl2N4. The fourth-order valence-electron chi connectivity index (χ4n) is 1.73. The zero-order chi connectivity index (χ0) is 10.8. The van der Waals surface area contributed by atoms with Gasteiger partial charge in [0.05, 0.1) is 5.69 Å². The van der Waals surface area contributed by atoms with Gasteiger partial charge in [-0.25, -0.2) is 0 Å². The third kappa shape index (κ3) is 2.71. The smallest absolute Gasteiger partial charge is 0.174 e. The van der Waals surface area contributed by atoms with Gasteiger partial charge in [0.25, 0.3) is 0 Å². The van der Waals surface area contributed by atoms with Crippen molar-refractivity contribution < 1.29 is 0 Å². The molecule has 1 atom stereocenters. The minimum Gasteiger partial charge on any atom is -0.378 e. The predicted octanol–water partition coefficient (Wildman–Crippen LogP) is 1.90. The molecule has 6 heteroatoms. The molecule has 0 spiro atoms. The fourth-order valence-corrected chi connectivity index (χ4v) is 2.02. The van der Waals surface area contributed by atoms with Crippen LogP contribution < -0.4 is 5.32 Å². The lowest BCUT2D eigenvalue weighted by molar-refractivity contribution is 0.414. The fraction of sp³-hybridized carbons (Fsp3) is 0.556. The first-order chi connectivity index (χ1) is 7.15. The van der Waals surface area contributed by atoms with E-state index >= 15 is 0 Å². The minimum absolute atomic E-state index is 0.355. The van der Waals surface area contributed by atoms with E-state index in [0.717, 1.165) is 25.2 Å². The standard InChI is InChI=1S/C9H12Cl2N4/c1-15-3-2-6(5-15)12-7-4-8(10)13-14-9(7)11/h4,6H,2-3,5H2,1H3,(H,12,13). The number of likely N-dealkylation sites (tertiary alicyclic amines) is 1. The van der Waals surface area contributed by atoms with Crippen LogP contribution in [0.1, 0.15) is 6.42 Å². The Morgan fingerprint density at radius 2 is 2.27 bits per heavy atom. The molecule has 1 fully saturated rings. The summed E-state index contributed by atoms with van der Waals surface area (Å²) in [5, 5.41) is 11.5. The maximum atomic E-state index is 5.90. The van der Waals surface area contributed by atoms with Gasteiger partial charge in [0.2, 0.25) is 0 Å². The van der Waals surface area contributed by atoms with Gasteiger partial charge in [-0.1, -0.05) is 23.2 Å². The van der Waals surface area contributed by atoms with Crippen LogP contribution in [0.15, 0.2) is 6.07 Å². The number of anilines is 1. The molecule has 0 aliphatic carbocycles. The van der Waals surface area contributed by atoms with Crippen molar-refractivity contribution in [1.82, 2.24) is 15.1 Å². The van der Waals surface area contributed by atoms with E-state index in [1.165, 1.54) is 0 Å². The summed E-state index contributed by atoms with van der Waals surface area (Å²) in [5.74, 6) is 0. The van der Waals surface area contributed by atoms with Gasteiger partial charge in [0.1, 0.15) is 0 Å². The van der Waals surface area contributed by atoms with Gasteiger partial charge in [-0.3, -0.25) is 0 Å². The third-order valence-electron chi connectivity index (χ3n) is 2.47. The number of halogens is 2. The Hall–Kier alpha value is -0.580. The normalized spacial score (nSPS) is 21.9. The molecule has 1 N–H and O–H groups in total. The molecule has 82 valence electrons. The van der Waals surface area contributed by atoms with Crippen LogP contribution >= 0.6 is 23.2 Å². The number of nitrogens with one attached hydrogen (secondary N) is 1. The van der Waals surface area contributed by atoms with Crippen LogP contribution in [0.25, 0.3) is 0 Å². The lowest BCUT2D eigenvalue weighted by atomic mass is 10.2. The summed E-state index contributed by atoms with van der Waals surface area (Å²) < 4.78 is 0. The summed E-state index contributed by atoms with van der Waals surface area (Å²) in [4.78, 5) is 2.27. The van der Waals surface area contributed by atoms with Crippen LogP contribution in [-0.4, -0.2) is 41.3 Å². The second kappa shape index (κ2) is 4.51. The summed E-state index contributed by atoms with van der Waals surface area (Å²) in [6.07, 6.45) is 1.10. The van der Waals surface area contributed by atoms with Gasteiger partial charge in [-0.05, 0) is 20.0 Å². The Kier molecular flexibility index (Phi) is 3.29. The van der Waals surface area contributed by atoms with Crippen LogP contribution in [0.3, 0.4) is 0 Å². The molecule has 0 radical (unpaired) electrons. The molecule has 1 saturated heterocycles. The lowest BCUT2D eigenvalue weighted by Crippen LogP contribution is -2.23. The van der Waals surface area contributed by atoms with E-state index in [1.807, 2.05) is 0 Å². The van der Waals surface area contributed by atoms with Crippen molar-refractivity contribution >= 4 is 28.9 Å². The van der Waals surface area contributed by atoms with Gasteiger partial charge >= 0.3 is 0 Å². The van der Waals surface area contributed by atoms with Crippen LogP contribution in [0, 0.1) is 0 Å². The van der Waals surface area contributed by atoms with E-state index in [1.54, 1.807) is 6.07 Å². The first-order valence-electron chi connectivity index (χ1n) is 4.79. The van der Waals surface area contributed by atoms with Crippen molar-refractivity contribution in [3.63, 3.8) is 0 Å². The zero-order valence-electron chi connectivity index (χ0n) is 8.37. The van der Waals surface area contributed by atoms with Crippen LogP contribution in [0.4, 0.5) is 5.69 Å². The van der Waals surface area contributed by atoms with Crippen LogP contribution in [0.5, 0.6) is 0 Å². The zero-order valence-corrected chi connectivity index (χ0v) is 9.89. The molecule has 1 aliphatic heterocycles. The molecule has 0 amide bonds. The van der Waals surface area contributed by atoms with E-state index in [-0.39, 0.29) is 0 Å². The molecule has 2 rings (SSSR count). The third-order valence-corrected chi connectivity index (χ3v) is 2.93. The molecule has 1 unspecified atom stereocenters. The molecule has 0 bridgehead atoms. The van der Waals surface area contributed by atoms with E-state index in [0.29, 0.717) is 16.3 Å². The van der Waals surface area contributed by atoms with Crippen molar-refractivity contribution in [2.24, 2.45) is 0 Å². The summed E-state index contributed by atoms with van der Waals surface area (Å²) in [7, 11) is 2.10. The Labute approximate surface area is 98.6 Å². The number of likely N-dealkylation sites (N-methyl/N-ethyl adjacent to an activating group) is 1. The first-order valence-corrected chi connectivity index (χ1v) is 5.54. The van der Waals surface area contributed by atoms with E-state index in [2.05, 4.69) is 27.5 Å². The summed E-state index contributed by atoms with van der Waals surface area (Å²) in [5.41, 5.74) is 0.761. The maximum Gasteiger partial charge on any atom is 0.174 e. The topological polar surface area (TPSA) is 41.0 Å². The molecule has 1 aromatic heterocycles. The van der Waals surface area contributed by atoms with Crippen molar-refractivity contribution in [3.8, 4) is 0 Å². The number of rotatable bonds is 2. The monoisotopic (exact) mass is 246 g/mol. The average molecular weight is 247 g/mol. The second-order valence-corrected chi connectivity index (χ2v) is 4.51. The van der Waals surface area contributed by atoms with Gasteiger partial charge in [0.15, 0.2) is 10.3 Å². The summed E-state index contributed by atoms with van der Waals surface area (Å²) in [6, 6.07) is 2.11. The molecule has 0 saturated carbocycles. The number of hydrogen-bond donors (Lipinski definition) is 1. The highest BCUT2D eigenvalue weighted by Crippen LogP contribution is 2.23. The largest absolute Gasteiger partial charge is 0.378 e. The molecular weight excluding hydrogens is 235 g/mol. The van der Waals surface area contributed by atoms with Crippen molar-refractivity contribution in [2.75, 3.05) is 25.5 Å². The van der Waals surface area contributed by atoms with Crippen LogP contribution in [0.2, 0.25) is 10.3 Å². The average Bonchev–Trinajstić information content (AvgIpc) is 2.58. The lowest BCUT2D eigenvalue weighted by Gasteiger charge is -2.14. The van der Waals surface area contributed by atoms with Crippen molar-refractivity contribution in [3.05, 3.63) is 16.4 Å². The summed E-state index contributed by atoms with van der Waals surface area (Å²) in [6.45, 7) is 2.11. The molecule has 4 nitrogen and oxygen atoms in total. The minimum atomic E-state index is 0.355. The predicted molar refractivity (Wildman–Crippen MR) is 61.6 cm³/mol. The number of aromatic nitrogens is 2. The van der Waals surface area contributed by atoms with Gasteiger partial charge < -0.3 is 10.2 Å². The van der Waals surface area contributed by atoms with Crippen molar-refractivity contribution in [1.29, 1.82) is 0 Å². The molecule has 0 aromatic carbocycles. The highest BCUT2D eigenvalue weighted by atomic mass is 35.5. The Balaban J connectivity index is 2.07. The van der Waals surface area contributed by atoms with Gasteiger partial charge in [-0.2, -0.15) is 0 Å². The molecule has 2 heterocycles. The molecule has 1 aliphatic rings. The van der Waals surface area contributed by atoms with E-state index in [4.69, 9.17) is 23.2 Å².